The van der Waals surface area contributed by atoms with Gasteiger partial charge in [-0.25, -0.2) is 4.98 Å². The lowest BCUT2D eigenvalue weighted by Gasteiger charge is -2.37. The quantitative estimate of drug-likeness (QED) is 0.888. The molecule has 7 rings (SSSR count). The summed E-state index contributed by atoms with van der Waals surface area (Å²) in [6, 6.07) is 12.7. The number of ether oxygens (including phenoxy) is 2. The molecule has 140 valence electrons. The molecular formula is C23H26N2O2. The summed E-state index contributed by atoms with van der Waals surface area (Å²) < 4.78 is 11.2. The van der Waals surface area contributed by atoms with Gasteiger partial charge in [-0.15, -0.1) is 0 Å². The van der Waals surface area contributed by atoms with E-state index in [1.54, 1.807) is 6.20 Å². The first-order chi connectivity index (χ1) is 13.1. The SMILES string of the molecule is NC1(c2ccc(Oc3ccc(C45CC6CC(CC4C6)C5)cc3)nc2)COC1. The Kier molecular flexibility index (Phi) is 3.31. The molecular weight excluding hydrogens is 336 g/mol. The predicted octanol–water partition coefficient (Wildman–Crippen LogP) is 4.14. The molecule has 4 aliphatic carbocycles. The first-order valence-corrected chi connectivity index (χ1v) is 10.2. The van der Waals surface area contributed by atoms with E-state index < -0.39 is 0 Å². The van der Waals surface area contributed by atoms with Crippen molar-refractivity contribution in [1.29, 1.82) is 0 Å². The molecule has 1 aliphatic heterocycles. The summed E-state index contributed by atoms with van der Waals surface area (Å²) in [6.45, 7) is 1.11. The highest BCUT2D eigenvalue weighted by Gasteiger charge is 2.58. The van der Waals surface area contributed by atoms with Crippen molar-refractivity contribution in [2.75, 3.05) is 13.2 Å². The van der Waals surface area contributed by atoms with Crippen LogP contribution < -0.4 is 10.5 Å². The molecule has 2 N–H and O–H groups in total. The summed E-state index contributed by atoms with van der Waals surface area (Å²) in [7, 11) is 0. The molecule has 5 fully saturated rings. The highest BCUT2D eigenvalue weighted by atomic mass is 16.5. The van der Waals surface area contributed by atoms with Crippen LogP contribution in [0.3, 0.4) is 0 Å². The van der Waals surface area contributed by atoms with E-state index in [-0.39, 0.29) is 5.54 Å². The number of hydrogen-bond acceptors (Lipinski definition) is 4. The minimum absolute atomic E-state index is 0.383. The maximum atomic E-state index is 6.25. The van der Waals surface area contributed by atoms with Crippen molar-refractivity contribution in [1.82, 2.24) is 4.98 Å². The van der Waals surface area contributed by atoms with Crippen LogP contribution in [-0.4, -0.2) is 18.2 Å². The Morgan fingerprint density at radius 3 is 2.22 bits per heavy atom. The normalized spacial score (nSPS) is 35.2. The van der Waals surface area contributed by atoms with Gasteiger partial charge in [0.05, 0.1) is 18.8 Å². The lowest BCUT2D eigenvalue weighted by Crippen LogP contribution is -2.54. The molecule has 27 heavy (non-hydrogen) atoms. The molecule has 2 atom stereocenters. The lowest BCUT2D eigenvalue weighted by molar-refractivity contribution is -0.0570. The summed E-state index contributed by atoms with van der Waals surface area (Å²) in [5, 5.41) is 0. The van der Waals surface area contributed by atoms with E-state index >= 15 is 0 Å². The zero-order valence-corrected chi connectivity index (χ0v) is 15.6. The summed E-state index contributed by atoms with van der Waals surface area (Å²) in [4.78, 5) is 4.43. The van der Waals surface area contributed by atoms with Gasteiger partial charge >= 0.3 is 0 Å². The van der Waals surface area contributed by atoms with Crippen molar-refractivity contribution < 1.29 is 9.47 Å². The highest BCUT2D eigenvalue weighted by Crippen LogP contribution is 2.65. The van der Waals surface area contributed by atoms with Gasteiger partial charge in [0.15, 0.2) is 0 Å². The Labute approximate surface area is 160 Å². The average Bonchev–Trinajstić information content (AvgIpc) is 3.06. The number of pyridine rings is 1. The summed E-state index contributed by atoms with van der Waals surface area (Å²) in [6.07, 6.45) is 9.01. The van der Waals surface area contributed by atoms with Crippen LogP contribution in [0.4, 0.5) is 0 Å². The molecule has 2 aromatic rings. The number of hydrogen-bond donors (Lipinski definition) is 1. The first-order valence-electron chi connectivity index (χ1n) is 10.2. The molecule has 4 saturated carbocycles. The average molecular weight is 362 g/mol. The molecule has 0 radical (unpaired) electrons. The third-order valence-electron chi connectivity index (χ3n) is 7.67. The van der Waals surface area contributed by atoms with Gasteiger partial charge in [-0.05, 0) is 78.5 Å². The molecule has 4 bridgehead atoms. The minimum atomic E-state index is -0.383. The van der Waals surface area contributed by atoms with E-state index in [4.69, 9.17) is 15.2 Å². The number of rotatable bonds is 4. The fourth-order valence-corrected chi connectivity index (χ4v) is 6.47. The number of nitrogens with zero attached hydrogens (tertiary/aromatic N) is 1. The van der Waals surface area contributed by atoms with E-state index in [0.29, 0.717) is 24.5 Å². The molecule has 4 nitrogen and oxygen atoms in total. The largest absolute Gasteiger partial charge is 0.439 e. The Morgan fingerprint density at radius 2 is 1.63 bits per heavy atom. The molecule has 1 aromatic heterocycles. The molecule has 2 heterocycles. The second kappa shape index (κ2) is 5.55. The van der Waals surface area contributed by atoms with Gasteiger partial charge in [-0.3, -0.25) is 0 Å². The molecule has 1 saturated heterocycles. The van der Waals surface area contributed by atoms with Crippen LogP contribution in [0.2, 0.25) is 0 Å². The van der Waals surface area contributed by atoms with Gasteiger partial charge in [-0.2, -0.15) is 0 Å². The van der Waals surface area contributed by atoms with Crippen LogP contribution in [0.25, 0.3) is 0 Å². The van der Waals surface area contributed by atoms with Crippen LogP contribution in [0.5, 0.6) is 11.6 Å². The van der Waals surface area contributed by atoms with Crippen molar-refractivity contribution in [2.24, 2.45) is 23.5 Å². The summed E-state index contributed by atoms with van der Waals surface area (Å²) in [5.41, 5.74) is 8.87. The zero-order chi connectivity index (χ0) is 18.1. The van der Waals surface area contributed by atoms with Gasteiger partial charge in [-0.1, -0.05) is 18.2 Å². The van der Waals surface area contributed by atoms with E-state index in [0.717, 1.165) is 29.1 Å². The van der Waals surface area contributed by atoms with Gasteiger partial charge in [0.25, 0.3) is 0 Å². The second-order valence-corrected chi connectivity index (χ2v) is 9.36. The molecule has 5 aliphatic rings. The first kappa shape index (κ1) is 16.1. The maximum absolute atomic E-state index is 6.25. The lowest BCUT2D eigenvalue weighted by atomic mass is 9.71. The number of aromatic nitrogens is 1. The van der Waals surface area contributed by atoms with Crippen molar-refractivity contribution >= 4 is 0 Å². The minimum Gasteiger partial charge on any atom is -0.439 e. The van der Waals surface area contributed by atoms with E-state index in [1.165, 1.54) is 37.7 Å². The smallest absolute Gasteiger partial charge is 0.219 e. The highest BCUT2D eigenvalue weighted by molar-refractivity contribution is 5.38. The Hall–Kier alpha value is -1.91. The summed E-state index contributed by atoms with van der Waals surface area (Å²) >= 11 is 0. The van der Waals surface area contributed by atoms with Crippen LogP contribution in [0, 0.1) is 17.8 Å². The Balaban J connectivity index is 1.19. The van der Waals surface area contributed by atoms with Crippen LogP contribution in [0.15, 0.2) is 42.6 Å². The molecule has 0 spiro atoms. The Morgan fingerprint density at radius 1 is 0.926 bits per heavy atom. The fourth-order valence-electron chi connectivity index (χ4n) is 6.47. The van der Waals surface area contributed by atoms with Gasteiger partial charge < -0.3 is 15.2 Å². The van der Waals surface area contributed by atoms with Gasteiger partial charge in [0.1, 0.15) is 5.75 Å². The fraction of sp³-hybridized carbons (Fsp3) is 0.522. The van der Waals surface area contributed by atoms with E-state index in [1.807, 2.05) is 12.1 Å². The second-order valence-electron chi connectivity index (χ2n) is 9.36. The standard InChI is InChI=1S/C23H26N2O2/c24-23(13-26-14-23)18-3-6-21(25-12-18)27-20-4-1-17(2-5-20)22-10-15-7-16(11-22)9-19(22)8-15/h1-6,12,15-16,19H,7-11,13-14,24H2. The molecule has 4 heteroatoms. The number of benzene rings is 1. The van der Waals surface area contributed by atoms with E-state index in [2.05, 4.69) is 29.2 Å². The van der Waals surface area contributed by atoms with Crippen LogP contribution in [-0.2, 0) is 15.7 Å². The topological polar surface area (TPSA) is 57.4 Å². The molecule has 2 unspecified atom stereocenters. The third kappa shape index (κ3) is 2.39. The van der Waals surface area contributed by atoms with Crippen LogP contribution in [0.1, 0.15) is 43.2 Å². The maximum Gasteiger partial charge on any atom is 0.219 e. The third-order valence-corrected chi connectivity index (χ3v) is 7.67. The number of nitrogens with two attached hydrogens (primary N) is 1. The van der Waals surface area contributed by atoms with Gasteiger partial charge in [0.2, 0.25) is 5.88 Å². The Bertz CT molecular complexity index is 843. The monoisotopic (exact) mass is 362 g/mol. The van der Waals surface area contributed by atoms with Crippen molar-refractivity contribution in [3.63, 3.8) is 0 Å². The van der Waals surface area contributed by atoms with E-state index in [9.17, 15) is 0 Å². The predicted molar refractivity (Wildman–Crippen MR) is 103 cm³/mol. The van der Waals surface area contributed by atoms with Crippen molar-refractivity contribution in [2.45, 2.75) is 43.1 Å². The zero-order valence-electron chi connectivity index (χ0n) is 15.6. The van der Waals surface area contributed by atoms with Gasteiger partial charge in [0, 0.05) is 12.3 Å². The van der Waals surface area contributed by atoms with Crippen molar-refractivity contribution in [3.05, 3.63) is 53.7 Å². The molecule has 0 amide bonds. The molecule has 1 aromatic carbocycles. The van der Waals surface area contributed by atoms with Crippen LogP contribution >= 0.6 is 0 Å². The van der Waals surface area contributed by atoms with Crippen molar-refractivity contribution in [3.8, 4) is 11.6 Å². The summed E-state index contributed by atoms with van der Waals surface area (Å²) in [5.74, 6) is 4.33.